The summed E-state index contributed by atoms with van der Waals surface area (Å²) < 4.78 is 6.92. The number of esters is 1. The van der Waals surface area contributed by atoms with E-state index in [9.17, 15) is 9.59 Å². The van der Waals surface area contributed by atoms with Gasteiger partial charge in [-0.3, -0.25) is 9.59 Å². The molecule has 0 atom stereocenters. The van der Waals surface area contributed by atoms with Gasteiger partial charge in [-0.05, 0) is 6.42 Å². The molecule has 1 aromatic heterocycles. The van der Waals surface area contributed by atoms with E-state index < -0.39 is 0 Å². The fourth-order valence-corrected chi connectivity index (χ4v) is 2.42. The lowest BCUT2D eigenvalue weighted by Crippen LogP contribution is -3.00. The predicted molar refractivity (Wildman–Crippen MR) is 93.2 cm³/mol. The van der Waals surface area contributed by atoms with Crippen molar-refractivity contribution in [3.63, 3.8) is 0 Å². The number of pyridine rings is 1. The van der Waals surface area contributed by atoms with Gasteiger partial charge in [0.1, 0.15) is 6.61 Å². The van der Waals surface area contributed by atoms with E-state index in [2.05, 4.69) is 12.2 Å². The van der Waals surface area contributed by atoms with Gasteiger partial charge in [0.05, 0.1) is 6.54 Å². The second-order valence-electron chi connectivity index (χ2n) is 5.99. The van der Waals surface area contributed by atoms with Crippen molar-refractivity contribution in [2.24, 2.45) is 0 Å². The van der Waals surface area contributed by atoms with Crippen LogP contribution in [0.1, 0.15) is 58.3 Å². The molecule has 0 radical (unpaired) electrons. The first kappa shape index (κ1) is 23.4. The minimum Gasteiger partial charge on any atom is -1.00 e. The number of aromatic nitrogens is 1. The minimum absolute atomic E-state index is 0. The predicted octanol–water partition coefficient (Wildman–Crippen LogP) is -0.222. The Morgan fingerprint density at radius 1 is 0.960 bits per heavy atom. The Kier molecular flexibility index (Phi) is 14.9. The van der Waals surface area contributed by atoms with E-state index in [4.69, 9.17) is 4.74 Å². The van der Waals surface area contributed by atoms with Gasteiger partial charge in [0.2, 0.25) is 6.54 Å². The number of rotatable bonds is 13. The molecule has 0 saturated heterocycles. The van der Waals surface area contributed by atoms with Crippen LogP contribution in [-0.2, 0) is 20.9 Å². The summed E-state index contributed by atoms with van der Waals surface area (Å²) in [5.41, 5.74) is 0. The van der Waals surface area contributed by atoms with Crippen molar-refractivity contribution in [1.29, 1.82) is 0 Å². The van der Waals surface area contributed by atoms with E-state index in [0.29, 0.717) is 13.0 Å². The number of halogens is 1. The summed E-state index contributed by atoms with van der Waals surface area (Å²) >= 11 is 0. The molecule has 5 nitrogen and oxygen atoms in total. The number of carbonyl (C=O) groups is 2. The SMILES string of the molecule is CCCCCCCCCC(=O)OCCNC(=O)C[n+]1ccccc1.[Cl-]. The van der Waals surface area contributed by atoms with Crippen LogP contribution in [-0.4, -0.2) is 25.0 Å². The van der Waals surface area contributed by atoms with Crippen LogP contribution in [0.4, 0.5) is 0 Å². The third-order valence-corrected chi connectivity index (χ3v) is 3.78. The first-order chi connectivity index (χ1) is 11.7. The number of nitrogens with one attached hydrogen (secondary N) is 1. The average molecular weight is 371 g/mol. The molecule has 25 heavy (non-hydrogen) atoms. The molecule has 0 aliphatic heterocycles. The Labute approximate surface area is 157 Å². The Morgan fingerprint density at radius 3 is 2.28 bits per heavy atom. The highest BCUT2D eigenvalue weighted by atomic mass is 35.5. The zero-order valence-electron chi connectivity index (χ0n) is 15.2. The minimum atomic E-state index is -0.171. The lowest BCUT2D eigenvalue weighted by Gasteiger charge is -2.06. The van der Waals surface area contributed by atoms with E-state index in [0.717, 1.165) is 12.8 Å². The summed E-state index contributed by atoms with van der Waals surface area (Å²) in [5.74, 6) is -0.260. The number of hydrogen-bond donors (Lipinski definition) is 1. The van der Waals surface area contributed by atoms with Gasteiger partial charge in [-0.1, -0.05) is 51.5 Å². The van der Waals surface area contributed by atoms with E-state index in [1.807, 2.05) is 30.6 Å². The largest absolute Gasteiger partial charge is 1.00 e. The molecule has 0 unspecified atom stereocenters. The summed E-state index contributed by atoms with van der Waals surface area (Å²) in [5, 5.41) is 2.75. The monoisotopic (exact) mass is 370 g/mol. The molecule has 0 aliphatic rings. The lowest BCUT2D eigenvalue weighted by molar-refractivity contribution is -0.684. The number of amides is 1. The Morgan fingerprint density at radius 2 is 1.60 bits per heavy atom. The summed E-state index contributed by atoms with van der Waals surface area (Å²) in [6.07, 6.45) is 12.4. The molecule has 142 valence electrons. The molecule has 0 bridgehead atoms. The molecule has 1 N–H and O–H groups in total. The molecule has 0 saturated carbocycles. The molecular weight excluding hydrogens is 340 g/mol. The van der Waals surface area contributed by atoms with Gasteiger partial charge in [0, 0.05) is 18.6 Å². The molecule has 1 rings (SSSR count). The number of ether oxygens (including phenoxy) is 1. The fourth-order valence-electron chi connectivity index (χ4n) is 2.42. The van der Waals surface area contributed by atoms with E-state index in [1.54, 1.807) is 4.57 Å². The smallest absolute Gasteiger partial charge is 0.305 e. The standard InChI is InChI=1S/C19H30N2O3.ClH/c1-2-3-4-5-6-7-9-12-19(23)24-16-13-20-18(22)17-21-14-10-8-11-15-21;/h8,10-11,14-15H,2-7,9,12-13,16-17H2,1H3;1H. The molecule has 0 fully saturated rings. The highest BCUT2D eigenvalue weighted by Crippen LogP contribution is 2.08. The van der Waals surface area contributed by atoms with E-state index in [-0.39, 0.29) is 37.4 Å². The third-order valence-electron chi connectivity index (χ3n) is 3.78. The summed E-state index contributed by atoms with van der Waals surface area (Å²) in [6, 6.07) is 5.65. The van der Waals surface area contributed by atoms with Crippen molar-refractivity contribution in [2.75, 3.05) is 13.2 Å². The summed E-state index contributed by atoms with van der Waals surface area (Å²) in [7, 11) is 0. The van der Waals surface area contributed by atoms with Crippen LogP contribution in [0, 0.1) is 0 Å². The maximum atomic E-state index is 11.7. The second kappa shape index (κ2) is 15.9. The Bertz CT molecular complexity index is 469. The molecule has 1 amide bonds. The van der Waals surface area contributed by atoms with Crippen LogP contribution in [0.15, 0.2) is 30.6 Å². The van der Waals surface area contributed by atoms with Crippen molar-refractivity contribution in [3.05, 3.63) is 30.6 Å². The highest BCUT2D eigenvalue weighted by molar-refractivity contribution is 5.74. The van der Waals surface area contributed by atoms with Crippen molar-refractivity contribution in [1.82, 2.24) is 5.32 Å². The zero-order valence-corrected chi connectivity index (χ0v) is 16.0. The third kappa shape index (κ3) is 13.4. The molecule has 0 aliphatic carbocycles. The first-order valence-corrected chi connectivity index (χ1v) is 9.08. The maximum absolute atomic E-state index is 11.7. The fraction of sp³-hybridized carbons (Fsp3) is 0.632. The average Bonchev–Trinajstić information content (AvgIpc) is 2.59. The Balaban J connectivity index is 0.00000576. The van der Waals surface area contributed by atoms with Gasteiger partial charge in [0.15, 0.2) is 12.4 Å². The van der Waals surface area contributed by atoms with Crippen molar-refractivity contribution < 1.29 is 31.3 Å². The first-order valence-electron chi connectivity index (χ1n) is 9.08. The second-order valence-corrected chi connectivity index (χ2v) is 5.99. The molecule has 0 aromatic carbocycles. The van der Waals surface area contributed by atoms with Crippen LogP contribution in [0.25, 0.3) is 0 Å². The Hall–Kier alpha value is -1.62. The van der Waals surface area contributed by atoms with Gasteiger partial charge >= 0.3 is 5.97 Å². The van der Waals surface area contributed by atoms with Crippen LogP contribution in [0.3, 0.4) is 0 Å². The van der Waals surface area contributed by atoms with Gasteiger partial charge in [0.25, 0.3) is 5.91 Å². The lowest BCUT2D eigenvalue weighted by atomic mass is 10.1. The van der Waals surface area contributed by atoms with E-state index in [1.165, 1.54) is 32.1 Å². The van der Waals surface area contributed by atoms with Crippen molar-refractivity contribution >= 4 is 11.9 Å². The topological polar surface area (TPSA) is 59.3 Å². The number of hydrogen-bond acceptors (Lipinski definition) is 3. The van der Waals surface area contributed by atoms with E-state index >= 15 is 0 Å². The highest BCUT2D eigenvalue weighted by Gasteiger charge is 2.08. The van der Waals surface area contributed by atoms with Gasteiger partial charge in [-0.25, -0.2) is 0 Å². The summed E-state index contributed by atoms with van der Waals surface area (Å²) in [4.78, 5) is 23.3. The van der Waals surface area contributed by atoms with Crippen LogP contribution >= 0.6 is 0 Å². The zero-order chi connectivity index (χ0) is 17.5. The molecule has 1 heterocycles. The number of unbranched alkanes of at least 4 members (excludes halogenated alkanes) is 6. The number of carbonyl (C=O) groups excluding carboxylic acids is 2. The summed E-state index contributed by atoms with van der Waals surface area (Å²) in [6.45, 7) is 3.07. The van der Waals surface area contributed by atoms with Crippen molar-refractivity contribution in [3.8, 4) is 0 Å². The van der Waals surface area contributed by atoms with Gasteiger partial charge in [-0.15, -0.1) is 0 Å². The van der Waals surface area contributed by atoms with Crippen molar-refractivity contribution in [2.45, 2.75) is 64.8 Å². The molecule has 1 aromatic rings. The van der Waals surface area contributed by atoms with Crippen LogP contribution in [0.5, 0.6) is 0 Å². The van der Waals surface area contributed by atoms with Gasteiger partial charge < -0.3 is 22.5 Å². The molecule has 6 heteroatoms. The number of nitrogens with zero attached hydrogens (tertiary/aromatic N) is 1. The van der Waals surface area contributed by atoms with Gasteiger partial charge in [-0.2, -0.15) is 4.57 Å². The molecule has 0 spiro atoms. The molecular formula is C19H31ClN2O3. The quantitative estimate of drug-likeness (QED) is 0.297. The van der Waals surface area contributed by atoms with Crippen LogP contribution < -0.4 is 22.3 Å². The maximum Gasteiger partial charge on any atom is 0.305 e. The van der Waals surface area contributed by atoms with Crippen LogP contribution in [0.2, 0.25) is 0 Å². The normalized spacial score (nSPS) is 9.96.